The highest BCUT2D eigenvalue weighted by Gasteiger charge is 2.38. The fraction of sp³-hybridized carbons (Fsp3) is 0.333. The van der Waals surface area contributed by atoms with Crippen LogP contribution in [0.15, 0.2) is 48.5 Å². The van der Waals surface area contributed by atoms with E-state index in [1.807, 2.05) is 13.8 Å². The Hall–Kier alpha value is -2.41. The Kier molecular flexibility index (Phi) is 6.34. The predicted octanol–water partition coefficient (Wildman–Crippen LogP) is 4.09. The van der Waals surface area contributed by atoms with Crippen molar-refractivity contribution in [2.24, 2.45) is 0 Å². The molecule has 0 saturated carbocycles. The number of halogens is 2. The van der Waals surface area contributed by atoms with Crippen LogP contribution in [0.25, 0.3) is 0 Å². The SMILES string of the molecule is CCN(CCN1C(=O)C(C)SC1c1ccc(F)cc1)C(=O)c1ccc(F)cc1. The Labute approximate surface area is 167 Å². The number of amides is 2. The van der Waals surface area contributed by atoms with E-state index in [9.17, 15) is 18.4 Å². The number of carbonyl (C=O) groups excluding carboxylic acids is 2. The predicted molar refractivity (Wildman–Crippen MR) is 106 cm³/mol. The van der Waals surface area contributed by atoms with E-state index in [1.165, 1.54) is 48.2 Å². The molecule has 28 heavy (non-hydrogen) atoms. The normalized spacial score (nSPS) is 19.1. The van der Waals surface area contributed by atoms with Gasteiger partial charge in [0.2, 0.25) is 5.91 Å². The van der Waals surface area contributed by atoms with Gasteiger partial charge in [-0.25, -0.2) is 8.78 Å². The minimum atomic E-state index is -0.393. The maximum Gasteiger partial charge on any atom is 0.253 e. The summed E-state index contributed by atoms with van der Waals surface area (Å²) >= 11 is 1.52. The van der Waals surface area contributed by atoms with Crippen molar-refractivity contribution in [3.8, 4) is 0 Å². The molecule has 1 fully saturated rings. The Morgan fingerprint density at radius 3 is 2.21 bits per heavy atom. The molecule has 7 heteroatoms. The van der Waals surface area contributed by atoms with E-state index in [0.717, 1.165) is 5.56 Å². The van der Waals surface area contributed by atoms with Gasteiger partial charge < -0.3 is 9.80 Å². The van der Waals surface area contributed by atoms with Gasteiger partial charge in [0.25, 0.3) is 5.91 Å². The van der Waals surface area contributed by atoms with Crippen molar-refractivity contribution < 1.29 is 18.4 Å². The van der Waals surface area contributed by atoms with Crippen LogP contribution in [-0.2, 0) is 4.79 Å². The molecule has 0 aromatic heterocycles. The minimum Gasteiger partial charge on any atom is -0.337 e. The summed E-state index contributed by atoms with van der Waals surface area (Å²) in [5.41, 5.74) is 1.27. The number of nitrogens with zero attached hydrogens (tertiary/aromatic N) is 2. The summed E-state index contributed by atoms with van der Waals surface area (Å²) in [6, 6.07) is 11.6. The second-order valence-electron chi connectivity index (χ2n) is 6.61. The van der Waals surface area contributed by atoms with Gasteiger partial charge in [-0.15, -0.1) is 11.8 Å². The van der Waals surface area contributed by atoms with E-state index >= 15 is 0 Å². The average Bonchev–Trinajstić information content (AvgIpc) is 2.98. The van der Waals surface area contributed by atoms with E-state index in [1.54, 1.807) is 21.9 Å². The number of rotatable bonds is 6. The molecule has 0 radical (unpaired) electrons. The number of hydrogen-bond acceptors (Lipinski definition) is 3. The number of benzene rings is 2. The summed E-state index contributed by atoms with van der Waals surface area (Å²) in [5, 5.41) is -0.402. The average molecular weight is 404 g/mol. The lowest BCUT2D eigenvalue weighted by Crippen LogP contribution is -2.40. The molecule has 1 aliphatic heterocycles. The van der Waals surface area contributed by atoms with Crippen molar-refractivity contribution in [1.29, 1.82) is 0 Å². The van der Waals surface area contributed by atoms with Crippen molar-refractivity contribution in [3.05, 3.63) is 71.3 Å². The molecule has 2 atom stereocenters. The molecule has 3 rings (SSSR count). The zero-order chi connectivity index (χ0) is 20.3. The molecule has 4 nitrogen and oxygen atoms in total. The number of hydrogen-bond donors (Lipinski definition) is 0. The second kappa shape index (κ2) is 8.73. The van der Waals surface area contributed by atoms with Gasteiger partial charge in [-0.1, -0.05) is 12.1 Å². The summed E-state index contributed by atoms with van der Waals surface area (Å²) in [6.07, 6.45) is 0. The van der Waals surface area contributed by atoms with Gasteiger partial charge in [0.15, 0.2) is 0 Å². The van der Waals surface area contributed by atoms with E-state index in [0.29, 0.717) is 25.2 Å². The van der Waals surface area contributed by atoms with Gasteiger partial charge in [-0.3, -0.25) is 9.59 Å². The fourth-order valence-corrected chi connectivity index (χ4v) is 4.50. The molecule has 0 bridgehead atoms. The van der Waals surface area contributed by atoms with E-state index in [4.69, 9.17) is 0 Å². The Balaban J connectivity index is 1.72. The maximum absolute atomic E-state index is 13.2. The monoisotopic (exact) mass is 404 g/mol. The quantitative estimate of drug-likeness (QED) is 0.728. The molecule has 1 saturated heterocycles. The highest BCUT2D eigenvalue weighted by Crippen LogP contribution is 2.42. The summed E-state index contributed by atoms with van der Waals surface area (Å²) < 4.78 is 26.3. The zero-order valence-electron chi connectivity index (χ0n) is 15.8. The number of likely N-dealkylation sites (N-methyl/N-ethyl adjacent to an activating group) is 1. The van der Waals surface area contributed by atoms with Crippen molar-refractivity contribution >= 4 is 23.6 Å². The van der Waals surface area contributed by atoms with E-state index < -0.39 is 5.82 Å². The molecule has 0 N–H and O–H groups in total. The highest BCUT2D eigenvalue weighted by atomic mass is 32.2. The minimum absolute atomic E-state index is 0.00427. The van der Waals surface area contributed by atoms with Crippen LogP contribution in [0.1, 0.15) is 35.1 Å². The summed E-state index contributed by atoms with van der Waals surface area (Å²) in [7, 11) is 0. The molecule has 0 aliphatic carbocycles. The van der Waals surface area contributed by atoms with Crippen LogP contribution in [0.4, 0.5) is 8.78 Å². The van der Waals surface area contributed by atoms with E-state index in [-0.39, 0.29) is 28.3 Å². The Morgan fingerprint density at radius 2 is 1.64 bits per heavy atom. The van der Waals surface area contributed by atoms with Crippen LogP contribution in [0.2, 0.25) is 0 Å². The van der Waals surface area contributed by atoms with Crippen molar-refractivity contribution in [2.75, 3.05) is 19.6 Å². The van der Waals surface area contributed by atoms with Crippen molar-refractivity contribution in [1.82, 2.24) is 9.80 Å². The molecule has 2 aromatic carbocycles. The third-order valence-corrected chi connectivity index (χ3v) is 6.17. The maximum atomic E-state index is 13.2. The number of carbonyl (C=O) groups is 2. The summed E-state index contributed by atoms with van der Waals surface area (Å²) in [4.78, 5) is 28.7. The highest BCUT2D eigenvalue weighted by molar-refractivity contribution is 8.01. The Morgan fingerprint density at radius 1 is 1.07 bits per heavy atom. The molecular formula is C21H22F2N2O2S. The molecule has 0 spiro atoms. The third kappa shape index (κ3) is 4.35. The molecular weight excluding hydrogens is 382 g/mol. The van der Waals surface area contributed by atoms with Crippen LogP contribution >= 0.6 is 11.8 Å². The van der Waals surface area contributed by atoms with Gasteiger partial charge in [0.1, 0.15) is 17.0 Å². The van der Waals surface area contributed by atoms with Crippen LogP contribution in [-0.4, -0.2) is 46.5 Å². The first-order chi connectivity index (χ1) is 13.4. The topological polar surface area (TPSA) is 40.6 Å². The van der Waals surface area contributed by atoms with Gasteiger partial charge in [0.05, 0.1) is 5.25 Å². The molecule has 1 heterocycles. The lowest BCUT2D eigenvalue weighted by atomic mass is 10.2. The fourth-order valence-electron chi connectivity index (χ4n) is 3.19. The largest absolute Gasteiger partial charge is 0.337 e. The first-order valence-electron chi connectivity index (χ1n) is 9.17. The molecule has 148 valence electrons. The van der Waals surface area contributed by atoms with Crippen LogP contribution in [0, 0.1) is 11.6 Å². The third-order valence-electron chi connectivity index (χ3n) is 4.77. The standard InChI is InChI=1S/C21H22F2N2O2S/c1-3-24(20(27)15-4-8-17(22)9-5-15)12-13-25-19(26)14(2)28-21(25)16-6-10-18(23)11-7-16/h4-11,14,21H,3,12-13H2,1-2H3. The summed E-state index contributed by atoms with van der Waals surface area (Å²) in [6.45, 7) is 4.93. The van der Waals surface area contributed by atoms with Crippen LogP contribution in [0.5, 0.6) is 0 Å². The first kappa shape index (κ1) is 20.3. The van der Waals surface area contributed by atoms with Gasteiger partial charge in [0, 0.05) is 25.2 Å². The summed E-state index contributed by atoms with van der Waals surface area (Å²) in [5.74, 6) is -0.909. The Bertz CT molecular complexity index is 842. The molecule has 2 amide bonds. The van der Waals surface area contributed by atoms with Gasteiger partial charge in [-0.05, 0) is 55.8 Å². The molecule has 2 aromatic rings. The number of thioether (sulfide) groups is 1. The van der Waals surface area contributed by atoms with Crippen molar-refractivity contribution in [3.63, 3.8) is 0 Å². The molecule has 1 aliphatic rings. The second-order valence-corrected chi connectivity index (χ2v) is 8.03. The zero-order valence-corrected chi connectivity index (χ0v) is 16.6. The van der Waals surface area contributed by atoms with Crippen molar-refractivity contribution in [2.45, 2.75) is 24.5 Å². The van der Waals surface area contributed by atoms with Gasteiger partial charge in [-0.2, -0.15) is 0 Å². The lowest BCUT2D eigenvalue weighted by molar-refractivity contribution is -0.130. The molecule has 2 unspecified atom stereocenters. The van der Waals surface area contributed by atoms with Crippen LogP contribution in [0.3, 0.4) is 0 Å². The first-order valence-corrected chi connectivity index (χ1v) is 10.1. The van der Waals surface area contributed by atoms with E-state index in [2.05, 4.69) is 0 Å². The van der Waals surface area contributed by atoms with Gasteiger partial charge >= 0.3 is 0 Å². The smallest absolute Gasteiger partial charge is 0.253 e. The van der Waals surface area contributed by atoms with Crippen LogP contribution < -0.4 is 0 Å². The lowest BCUT2D eigenvalue weighted by Gasteiger charge is -2.28.